The molecule has 1 saturated heterocycles. The summed E-state index contributed by atoms with van der Waals surface area (Å²) in [5, 5.41) is 0.715. The third kappa shape index (κ3) is 4.40. The van der Waals surface area contributed by atoms with Gasteiger partial charge in [0.05, 0.1) is 5.69 Å². The van der Waals surface area contributed by atoms with E-state index < -0.39 is 0 Å². The minimum absolute atomic E-state index is 0.224. The molecule has 4 rings (SSSR count). The molecule has 1 aliphatic heterocycles. The van der Waals surface area contributed by atoms with Gasteiger partial charge in [0.15, 0.2) is 0 Å². The van der Waals surface area contributed by atoms with E-state index in [1.165, 1.54) is 12.8 Å². The molecule has 2 heterocycles. The standard InChI is InChI=1S/C23H29ClN4O/c1-27(2)23-25-14-20(16-9-11-19(24)12-10-16)21(26-23)18-8-5-13-28(15-18)22(29)17-6-3-4-7-17/h9-12,14,17-18H,3-8,13,15H2,1-2H3/t18-/m1/s1. The topological polar surface area (TPSA) is 49.3 Å². The van der Waals surface area contributed by atoms with Crippen LogP contribution in [0.3, 0.4) is 0 Å². The summed E-state index contributed by atoms with van der Waals surface area (Å²) in [6.07, 6.45) is 8.45. The third-order valence-corrected chi connectivity index (χ3v) is 6.44. The normalized spacial score (nSPS) is 20.1. The van der Waals surface area contributed by atoms with Gasteiger partial charge in [0.2, 0.25) is 11.9 Å². The summed E-state index contributed by atoms with van der Waals surface area (Å²) in [6.45, 7) is 1.62. The largest absolute Gasteiger partial charge is 0.347 e. The number of halogens is 1. The molecule has 0 bridgehead atoms. The van der Waals surface area contributed by atoms with Crippen LogP contribution >= 0.6 is 11.6 Å². The quantitative estimate of drug-likeness (QED) is 0.726. The molecule has 1 aliphatic carbocycles. The molecule has 1 atom stereocenters. The molecule has 154 valence electrons. The molecular weight excluding hydrogens is 384 g/mol. The Hall–Kier alpha value is -2.14. The second kappa shape index (κ2) is 8.70. The smallest absolute Gasteiger partial charge is 0.225 e. The zero-order valence-electron chi connectivity index (χ0n) is 17.3. The Morgan fingerprint density at radius 1 is 1.10 bits per heavy atom. The van der Waals surface area contributed by atoms with Crippen molar-refractivity contribution in [1.29, 1.82) is 0 Å². The number of piperidine rings is 1. The molecule has 1 aromatic heterocycles. The summed E-state index contributed by atoms with van der Waals surface area (Å²) >= 11 is 6.09. The van der Waals surface area contributed by atoms with Gasteiger partial charge >= 0.3 is 0 Å². The van der Waals surface area contributed by atoms with Crippen LogP contribution < -0.4 is 4.90 Å². The highest BCUT2D eigenvalue weighted by Gasteiger charge is 2.32. The fraction of sp³-hybridized carbons (Fsp3) is 0.522. The van der Waals surface area contributed by atoms with Gasteiger partial charge in [-0.15, -0.1) is 0 Å². The number of hydrogen-bond acceptors (Lipinski definition) is 4. The molecule has 2 fully saturated rings. The zero-order valence-corrected chi connectivity index (χ0v) is 18.0. The number of rotatable bonds is 4. The van der Waals surface area contributed by atoms with Crippen molar-refractivity contribution in [2.45, 2.75) is 44.4 Å². The summed E-state index contributed by atoms with van der Waals surface area (Å²) in [7, 11) is 3.91. The van der Waals surface area contributed by atoms with E-state index in [1.807, 2.05) is 49.5 Å². The Labute approximate surface area is 178 Å². The van der Waals surface area contributed by atoms with Gasteiger partial charge < -0.3 is 9.80 Å². The van der Waals surface area contributed by atoms with Gasteiger partial charge in [0.25, 0.3) is 0 Å². The number of carbonyl (C=O) groups is 1. The number of anilines is 1. The van der Waals surface area contributed by atoms with Crippen LogP contribution in [0.1, 0.15) is 50.1 Å². The van der Waals surface area contributed by atoms with E-state index in [-0.39, 0.29) is 11.8 Å². The van der Waals surface area contributed by atoms with Gasteiger partial charge in [-0.05, 0) is 43.4 Å². The lowest BCUT2D eigenvalue weighted by Gasteiger charge is -2.35. The lowest BCUT2D eigenvalue weighted by Crippen LogP contribution is -2.42. The van der Waals surface area contributed by atoms with Crippen LogP contribution in [-0.4, -0.2) is 48.0 Å². The van der Waals surface area contributed by atoms with Crippen molar-refractivity contribution in [3.8, 4) is 11.1 Å². The van der Waals surface area contributed by atoms with Crippen LogP contribution in [0.5, 0.6) is 0 Å². The van der Waals surface area contributed by atoms with Crippen molar-refractivity contribution < 1.29 is 4.79 Å². The van der Waals surface area contributed by atoms with Crippen LogP contribution in [0.25, 0.3) is 11.1 Å². The van der Waals surface area contributed by atoms with E-state index in [4.69, 9.17) is 16.6 Å². The molecule has 2 aromatic rings. The van der Waals surface area contributed by atoms with E-state index in [0.29, 0.717) is 16.9 Å². The molecule has 6 heteroatoms. The van der Waals surface area contributed by atoms with Crippen molar-refractivity contribution in [1.82, 2.24) is 14.9 Å². The maximum Gasteiger partial charge on any atom is 0.225 e. The molecule has 1 amide bonds. The molecular formula is C23H29ClN4O. The summed E-state index contributed by atoms with van der Waals surface area (Å²) in [5.41, 5.74) is 3.14. The van der Waals surface area contributed by atoms with Crippen molar-refractivity contribution in [2.75, 3.05) is 32.1 Å². The number of carbonyl (C=O) groups excluding carboxylic acids is 1. The average Bonchev–Trinajstić information content (AvgIpc) is 3.28. The van der Waals surface area contributed by atoms with Crippen molar-refractivity contribution in [2.24, 2.45) is 5.92 Å². The predicted octanol–water partition coefficient (Wildman–Crippen LogP) is 4.76. The van der Waals surface area contributed by atoms with Gasteiger partial charge in [0, 0.05) is 55.8 Å². The number of nitrogens with zero attached hydrogens (tertiary/aromatic N) is 4. The maximum absolute atomic E-state index is 13.0. The molecule has 5 nitrogen and oxygen atoms in total. The first kappa shape index (κ1) is 20.1. The van der Waals surface area contributed by atoms with Crippen LogP contribution in [0, 0.1) is 5.92 Å². The van der Waals surface area contributed by atoms with Crippen molar-refractivity contribution >= 4 is 23.5 Å². The molecule has 29 heavy (non-hydrogen) atoms. The monoisotopic (exact) mass is 412 g/mol. The van der Waals surface area contributed by atoms with Crippen LogP contribution in [-0.2, 0) is 4.79 Å². The fourth-order valence-corrected chi connectivity index (χ4v) is 4.72. The summed E-state index contributed by atoms with van der Waals surface area (Å²) < 4.78 is 0. The molecule has 1 aromatic carbocycles. The Kier molecular flexibility index (Phi) is 6.04. The first-order valence-corrected chi connectivity index (χ1v) is 11.0. The van der Waals surface area contributed by atoms with Gasteiger partial charge in [0.1, 0.15) is 0 Å². The Morgan fingerprint density at radius 3 is 2.52 bits per heavy atom. The lowest BCUT2D eigenvalue weighted by molar-refractivity contribution is -0.136. The molecule has 0 spiro atoms. The first-order valence-electron chi connectivity index (χ1n) is 10.6. The fourth-order valence-electron chi connectivity index (χ4n) is 4.60. The van der Waals surface area contributed by atoms with Crippen LogP contribution in [0.15, 0.2) is 30.5 Å². The van der Waals surface area contributed by atoms with Gasteiger partial charge in [-0.1, -0.05) is 36.6 Å². The van der Waals surface area contributed by atoms with E-state index in [2.05, 4.69) is 9.88 Å². The minimum atomic E-state index is 0.224. The van der Waals surface area contributed by atoms with E-state index in [0.717, 1.165) is 55.6 Å². The molecule has 2 aliphatic rings. The second-order valence-corrected chi connectivity index (χ2v) is 8.91. The maximum atomic E-state index is 13.0. The Morgan fingerprint density at radius 2 is 1.83 bits per heavy atom. The Balaban J connectivity index is 1.65. The third-order valence-electron chi connectivity index (χ3n) is 6.18. The molecule has 0 radical (unpaired) electrons. The van der Waals surface area contributed by atoms with E-state index in [9.17, 15) is 4.79 Å². The highest BCUT2D eigenvalue weighted by molar-refractivity contribution is 6.30. The summed E-state index contributed by atoms with van der Waals surface area (Å²) in [5.74, 6) is 1.51. The number of benzene rings is 1. The summed E-state index contributed by atoms with van der Waals surface area (Å²) in [4.78, 5) is 26.5. The summed E-state index contributed by atoms with van der Waals surface area (Å²) in [6, 6.07) is 7.84. The van der Waals surface area contributed by atoms with E-state index >= 15 is 0 Å². The molecule has 0 N–H and O–H groups in total. The van der Waals surface area contributed by atoms with E-state index in [1.54, 1.807) is 0 Å². The molecule has 0 unspecified atom stereocenters. The van der Waals surface area contributed by atoms with Crippen molar-refractivity contribution in [3.05, 3.63) is 41.2 Å². The predicted molar refractivity (Wildman–Crippen MR) is 117 cm³/mol. The lowest BCUT2D eigenvalue weighted by atomic mass is 9.89. The number of likely N-dealkylation sites (tertiary alicyclic amines) is 1. The highest BCUT2D eigenvalue weighted by atomic mass is 35.5. The minimum Gasteiger partial charge on any atom is -0.347 e. The highest BCUT2D eigenvalue weighted by Crippen LogP contribution is 2.36. The SMILES string of the molecule is CN(C)c1ncc(-c2ccc(Cl)cc2)c([C@@H]2CCCN(C(=O)C3CCCC3)C2)n1. The van der Waals surface area contributed by atoms with Crippen LogP contribution in [0.2, 0.25) is 5.02 Å². The number of amides is 1. The zero-order chi connectivity index (χ0) is 20.4. The number of hydrogen-bond donors (Lipinski definition) is 0. The molecule has 1 saturated carbocycles. The van der Waals surface area contributed by atoms with Crippen LogP contribution in [0.4, 0.5) is 5.95 Å². The average molecular weight is 413 g/mol. The number of aromatic nitrogens is 2. The van der Waals surface area contributed by atoms with Crippen molar-refractivity contribution in [3.63, 3.8) is 0 Å². The second-order valence-electron chi connectivity index (χ2n) is 8.48. The van der Waals surface area contributed by atoms with Gasteiger partial charge in [-0.2, -0.15) is 0 Å². The Bertz CT molecular complexity index is 862. The first-order chi connectivity index (χ1) is 14.0. The van der Waals surface area contributed by atoms with Gasteiger partial charge in [-0.25, -0.2) is 9.97 Å². The van der Waals surface area contributed by atoms with Gasteiger partial charge in [-0.3, -0.25) is 4.79 Å².